The molecule has 1 heterocycles. The Labute approximate surface area is 99.4 Å². The van der Waals surface area contributed by atoms with Gasteiger partial charge in [-0.15, -0.1) is 11.3 Å². The first kappa shape index (κ1) is 10.4. The van der Waals surface area contributed by atoms with Crippen molar-refractivity contribution in [3.8, 4) is 0 Å². The lowest BCUT2D eigenvalue weighted by atomic mass is 10.1. The molecule has 0 aliphatic rings. The number of hydrogen-bond donors (Lipinski definition) is 1. The van der Waals surface area contributed by atoms with Crippen molar-refractivity contribution in [1.29, 1.82) is 0 Å². The van der Waals surface area contributed by atoms with Crippen molar-refractivity contribution < 1.29 is 5.11 Å². The van der Waals surface area contributed by atoms with E-state index in [4.69, 9.17) is 11.6 Å². The van der Waals surface area contributed by atoms with Gasteiger partial charge in [0.05, 0.1) is 11.6 Å². The van der Waals surface area contributed by atoms with Crippen molar-refractivity contribution in [2.45, 2.75) is 11.9 Å². The first-order valence-electron chi connectivity index (χ1n) is 4.12. The molecule has 14 heavy (non-hydrogen) atoms. The van der Waals surface area contributed by atoms with Gasteiger partial charge in [-0.1, -0.05) is 27.5 Å². The van der Waals surface area contributed by atoms with E-state index >= 15 is 0 Å². The van der Waals surface area contributed by atoms with Crippen molar-refractivity contribution in [3.63, 3.8) is 0 Å². The fourth-order valence-corrected chi connectivity index (χ4v) is 3.52. The van der Waals surface area contributed by atoms with Gasteiger partial charge in [0.25, 0.3) is 0 Å². The third-order valence-electron chi connectivity index (χ3n) is 2.19. The molecule has 0 fully saturated rings. The lowest BCUT2D eigenvalue weighted by Crippen LogP contribution is -1.92. The van der Waals surface area contributed by atoms with E-state index in [2.05, 4.69) is 15.9 Å². The van der Waals surface area contributed by atoms with E-state index in [1.165, 1.54) is 0 Å². The number of thiophene rings is 1. The largest absolute Gasteiger partial charge is 0.392 e. The van der Waals surface area contributed by atoms with Crippen LogP contribution in [0.2, 0.25) is 5.02 Å². The summed E-state index contributed by atoms with van der Waals surface area (Å²) < 4.78 is 1.13. The highest BCUT2D eigenvalue weighted by Gasteiger charge is 2.10. The van der Waals surface area contributed by atoms with E-state index in [1.54, 1.807) is 11.3 Å². The maximum atomic E-state index is 9.20. The van der Waals surface area contributed by atoms with Gasteiger partial charge in [-0.25, -0.2) is 0 Å². The summed E-state index contributed by atoms with van der Waals surface area (Å²) in [6.45, 7) is 0.0362. The molecule has 0 radical (unpaired) electrons. The van der Waals surface area contributed by atoms with Crippen molar-refractivity contribution in [3.05, 3.63) is 33.7 Å². The number of halogens is 2. The van der Waals surface area contributed by atoms with Crippen LogP contribution in [0.15, 0.2) is 17.5 Å². The van der Waals surface area contributed by atoms with Crippen LogP contribution in [0, 0.1) is 0 Å². The topological polar surface area (TPSA) is 20.2 Å². The number of fused-ring (bicyclic) bond motifs is 1. The van der Waals surface area contributed by atoms with Crippen LogP contribution in [-0.2, 0) is 11.9 Å². The molecule has 1 aromatic carbocycles. The molecule has 2 aromatic rings. The van der Waals surface area contributed by atoms with Crippen LogP contribution in [0.4, 0.5) is 0 Å². The second kappa shape index (κ2) is 4.19. The Balaban J connectivity index is 2.79. The minimum Gasteiger partial charge on any atom is -0.392 e. The fraction of sp³-hybridized carbons (Fsp3) is 0.200. The first-order chi connectivity index (χ1) is 6.77. The Morgan fingerprint density at radius 3 is 2.93 bits per heavy atom. The van der Waals surface area contributed by atoms with Crippen molar-refractivity contribution in [2.75, 3.05) is 0 Å². The number of aliphatic hydroxyl groups is 1. The summed E-state index contributed by atoms with van der Waals surface area (Å²) in [5.74, 6) is 0. The molecule has 1 aromatic heterocycles. The van der Waals surface area contributed by atoms with Crippen molar-refractivity contribution in [2.24, 2.45) is 0 Å². The highest BCUT2D eigenvalue weighted by atomic mass is 79.9. The van der Waals surface area contributed by atoms with Gasteiger partial charge in [0.1, 0.15) is 0 Å². The van der Waals surface area contributed by atoms with Gasteiger partial charge < -0.3 is 5.11 Å². The van der Waals surface area contributed by atoms with Crippen molar-refractivity contribution >= 4 is 49.0 Å². The zero-order valence-corrected chi connectivity index (χ0v) is 10.4. The van der Waals surface area contributed by atoms with E-state index in [1.807, 2.05) is 17.5 Å². The maximum Gasteiger partial charge on any atom is 0.0685 e. The SMILES string of the molecule is OCc1cc2sccc2c(Cl)c1CBr. The standard InChI is InChI=1S/C10H8BrClOS/c11-4-8-6(5-13)3-9-7(10(8)12)1-2-14-9/h1-3,13H,4-5H2. The Morgan fingerprint density at radius 2 is 2.29 bits per heavy atom. The van der Waals surface area contributed by atoms with Gasteiger partial charge in [0, 0.05) is 15.4 Å². The monoisotopic (exact) mass is 290 g/mol. The Bertz CT molecular complexity index is 466. The van der Waals surface area contributed by atoms with Crippen LogP contribution in [0.25, 0.3) is 10.1 Å². The molecule has 4 heteroatoms. The van der Waals surface area contributed by atoms with Gasteiger partial charge in [-0.05, 0) is 28.6 Å². The number of rotatable bonds is 2. The zero-order valence-electron chi connectivity index (χ0n) is 7.26. The Kier molecular flexibility index (Phi) is 3.12. The first-order valence-corrected chi connectivity index (χ1v) is 6.50. The molecule has 0 saturated heterocycles. The molecule has 0 aliphatic heterocycles. The van der Waals surface area contributed by atoms with Gasteiger partial charge in [-0.2, -0.15) is 0 Å². The predicted molar refractivity (Wildman–Crippen MR) is 65.4 cm³/mol. The number of benzene rings is 1. The molecule has 0 unspecified atom stereocenters. The quantitative estimate of drug-likeness (QED) is 0.831. The van der Waals surface area contributed by atoms with Crippen LogP contribution in [0.1, 0.15) is 11.1 Å². The molecule has 74 valence electrons. The van der Waals surface area contributed by atoms with Crippen LogP contribution in [-0.4, -0.2) is 5.11 Å². The van der Waals surface area contributed by atoms with Gasteiger partial charge in [0.15, 0.2) is 0 Å². The maximum absolute atomic E-state index is 9.20. The molecule has 1 N–H and O–H groups in total. The van der Waals surface area contributed by atoms with Gasteiger partial charge in [-0.3, -0.25) is 0 Å². The normalized spacial score (nSPS) is 11.1. The van der Waals surface area contributed by atoms with Crippen LogP contribution in [0.3, 0.4) is 0 Å². The van der Waals surface area contributed by atoms with Crippen LogP contribution >= 0.6 is 38.9 Å². The molecule has 0 atom stereocenters. The lowest BCUT2D eigenvalue weighted by Gasteiger charge is -2.07. The average molecular weight is 292 g/mol. The summed E-state index contributed by atoms with van der Waals surface area (Å²) in [6.07, 6.45) is 0. The van der Waals surface area contributed by atoms with E-state index in [0.717, 1.165) is 26.2 Å². The zero-order chi connectivity index (χ0) is 10.1. The Hall–Kier alpha value is -0.0900. The average Bonchev–Trinajstić information content (AvgIpc) is 2.65. The third kappa shape index (κ3) is 1.58. The third-order valence-corrected chi connectivity index (χ3v) is 4.05. The molecular weight excluding hydrogens is 284 g/mol. The van der Waals surface area contributed by atoms with Crippen LogP contribution in [0.5, 0.6) is 0 Å². The highest BCUT2D eigenvalue weighted by Crippen LogP contribution is 2.34. The van der Waals surface area contributed by atoms with Gasteiger partial charge >= 0.3 is 0 Å². The Morgan fingerprint density at radius 1 is 1.50 bits per heavy atom. The molecule has 1 nitrogen and oxygen atoms in total. The molecule has 0 amide bonds. The molecule has 0 aliphatic carbocycles. The molecule has 0 spiro atoms. The second-order valence-corrected chi connectivity index (χ2v) is 4.84. The summed E-state index contributed by atoms with van der Waals surface area (Å²) in [7, 11) is 0. The summed E-state index contributed by atoms with van der Waals surface area (Å²) in [5, 5.41) is 13.7. The molecular formula is C10H8BrClOS. The minimum absolute atomic E-state index is 0.0362. The fourth-order valence-electron chi connectivity index (χ4n) is 1.45. The second-order valence-electron chi connectivity index (χ2n) is 2.95. The molecule has 0 bridgehead atoms. The minimum atomic E-state index is 0.0362. The number of aliphatic hydroxyl groups excluding tert-OH is 1. The van der Waals surface area contributed by atoms with E-state index in [0.29, 0.717) is 5.33 Å². The summed E-state index contributed by atoms with van der Waals surface area (Å²) in [5.41, 5.74) is 1.89. The van der Waals surface area contributed by atoms with E-state index in [9.17, 15) is 5.11 Å². The smallest absolute Gasteiger partial charge is 0.0685 e. The van der Waals surface area contributed by atoms with E-state index in [-0.39, 0.29) is 6.61 Å². The number of alkyl halides is 1. The van der Waals surface area contributed by atoms with Crippen molar-refractivity contribution in [1.82, 2.24) is 0 Å². The summed E-state index contributed by atoms with van der Waals surface area (Å²) in [4.78, 5) is 0. The highest BCUT2D eigenvalue weighted by molar-refractivity contribution is 9.08. The lowest BCUT2D eigenvalue weighted by molar-refractivity contribution is 0.281. The van der Waals surface area contributed by atoms with E-state index < -0.39 is 0 Å². The molecule has 0 saturated carbocycles. The number of hydrogen-bond acceptors (Lipinski definition) is 2. The molecule has 2 rings (SSSR count). The summed E-state index contributed by atoms with van der Waals surface area (Å²) >= 11 is 11.3. The predicted octanol–water partition coefficient (Wildman–Crippen LogP) is 3.94. The van der Waals surface area contributed by atoms with Crippen LogP contribution < -0.4 is 0 Å². The van der Waals surface area contributed by atoms with Gasteiger partial charge in [0.2, 0.25) is 0 Å². The summed E-state index contributed by atoms with van der Waals surface area (Å²) in [6, 6.07) is 4.01.